The number of ether oxygens (including phenoxy) is 1. The van der Waals surface area contributed by atoms with Crippen molar-refractivity contribution >= 4 is 5.97 Å². The maximum absolute atomic E-state index is 12.8. The molecule has 0 saturated carbocycles. The van der Waals surface area contributed by atoms with Gasteiger partial charge in [-0.05, 0) is 26.0 Å². The van der Waals surface area contributed by atoms with Gasteiger partial charge in [0.25, 0.3) is 0 Å². The summed E-state index contributed by atoms with van der Waals surface area (Å²) in [5, 5.41) is 8.80. The van der Waals surface area contributed by atoms with E-state index in [1.807, 2.05) is 0 Å². The molecule has 0 radical (unpaired) electrons. The van der Waals surface area contributed by atoms with Gasteiger partial charge in [-0.25, -0.2) is 8.78 Å². The smallest absolute Gasteiger partial charge is 0.312 e. The van der Waals surface area contributed by atoms with Gasteiger partial charge in [0.1, 0.15) is 12.4 Å². The van der Waals surface area contributed by atoms with Crippen LogP contribution in [0.3, 0.4) is 0 Å². The summed E-state index contributed by atoms with van der Waals surface area (Å²) in [7, 11) is 0. The highest BCUT2D eigenvalue weighted by molar-refractivity contribution is 5.73. The summed E-state index contributed by atoms with van der Waals surface area (Å²) < 4.78 is 30.4. The number of rotatable bonds is 4. The van der Waals surface area contributed by atoms with Gasteiger partial charge in [0.05, 0.1) is 5.41 Å². The van der Waals surface area contributed by atoms with Gasteiger partial charge in [-0.2, -0.15) is 0 Å². The minimum atomic E-state index is -1.08. The Morgan fingerprint density at radius 3 is 2.50 bits per heavy atom. The molecule has 1 rings (SSSR count). The Balaban J connectivity index is 2.68. The molecular formula is C11H12F2O3. The number of carboxylic acid groups (broad SMARTS) is 1. The summed E-state index contributed by atoms with van der Waals surface area (Å²) in [6, 6.07) is 3.06. The largest absolute Gasteiger partial charge is 0.492 e. The van der Waals surface area contributed by atoms with E-state index in [0.717, 1.165) is 12.1 Å². The van der Waals surface area contributed by atoms with Crippen LogP contribution in [0.4, 0.5) is 8.78 Å². The molecule has 16 heavy (non-hydrogen) atoms. The van der Waals surface area contributed by atoms with E-state index in [2.05, 4.69) is 0 Å². The van der Waals surface area contributed by atoms with Gasteiger partial charge >= 0.3 is 5.97 Å². The molecule has 0 bridgehead atoms. The van der Waals surface area contributed by atoms with Crippen molar-refractivity contribution in [1.29, 1.82) is 0 Å². The van der Waals surface area contributed by atoms with Gasteiger partial charge < -0.3 is 9.84 Å². The Labute approximate surface area is 91.7 Å². The fourth-order valence-corrected chi connectivity index (χ4v) is 0.892. The third-order valence-corrected chi connectivity index (χ3v) is 2.07. The zero-order chi connectivity index (χ0) is 12.3. The Morgan fingerprint density at radius 1 is 1.38 bits per heavy atom. The lowest BCUT2D eigenvalue weighted by molar-refractivity contribution is -0.148. The number of hydrogen-bond donors (Lipinski definition) is 1. The van der Waals surface area contributed by atoms with Gasteiger partial charge in [0.15, 0.2) is 11.6 Å². The molecule has 0 spiro atoms. The fourth-order valence-electron chi connectivity index (χ4n) is 0.892. The minimum Gasteiger partial charge on any atom is -0.492 e. The Morgan fingerprint density at radius 2 is 2.00 bits per heavy atom. The first-order valence-corrected chi connectivity index (χ1v) is 4.64. The van der Waals surface area contributed by atoms with Crippen LogP contribution in [0.2, 0.25) is 0 Å². The van der Waals surface area contributed by atoms with Crippen molar-refractivity contribution < 1.29 is 23.4 Å². The number of halogens is 2. The van der Waals surface area contributed by atoms with E-state index in [9.17, 15) is 13.6 Å². The van der Waals surface area contributed by atoms with Crippen molar-refractivity contribution in [1.82, 2.24) is 0 Å². The normalized spacial score (nSPS) is 11.2. The van der Waals surface area contributed by atoms with Crippen molar-refractivity contribution in [2.45, 2.75) is 13.8 Å². The number of hydrogen-bond acceptors (Lipinski definition) is 2. The predicted molar refractivity (Wildman–Crippen MR) is 53.3 cm³/mol. The van der Waals surface area contributed by atoms with Crippen molar-refractivity contribution in [3.8, 4) is 5.75 Å². The minimum absolute atomic E-state index is 0.105. The molecule has 1 N–H and O–H groups in total. The van der Waals surface area contributed by atoms with Crippen LogP contribution >= 0.6 is 0 Å². The number of carboxylic acids is 1. The van der Waals surface area contributed by atoms with Crippen molar-refractivity contribution in [2.75, 3.05) is 6.61 Å². The first kappa shape index (κ1) is 12.4. The number of benzene rings is 1. The number of carbonyl (C=O) groups is 1. The van der Waals surface area contributed by atoms with Gasteiger partial charge in [-0.15, -0.1) is 0 Å². The molecule has 1 aromatic carbocycles. The second kappa shape index (κ2) is 4.47. The average Bonchev–Trinajstić information content (AvgIpc) is 2.20. The van der Waals surface area contributed by atoms with Gasteiger partial charge in [-0.3, -0.25) is 4.79 Å². The third kappa shape index (κ3) is 2.92. The molecule has 0 amide bonds. The Kier molecular flexibility index (Phi) is 3.47. The van der Waals surface area contributed by atoms with Gasteiger partial charge in [0.2, 0.25) is 0 Å². The molecule has 0 fully saturated rings. The summed E-state index contributed by atoms with van der Waals surface area (Å²) in [5.41, 5.74) is -1.08. The van der Waals surface area contributed by atoms with Crippen LogP contribution in [0.15, 0.2) is 18.2 Å². The molecular weight excluding hydrogens is 218 g/mol. The Bertz CT molecular complexity index is 402. The highest BCUT2D eigenvalue weighted by atomic mass is 19.2. The van der Waals surface area contributed by atoms with Crippen LogP contribution < -0.4 is 4.74 Å². The lowest BCUT2D eigenvalue weighted by Gasteiger charge is -2.19. The van der Waals surface area contributed by atoms with E-state index in [1.54, 1.807) is 0 Å². The lowest BCUT2D eigenvalue weighted by Crippen LogP contribution is -2.30. The molecule has 1 aromatic rings. The van der Waals surface area contributed by atoms with Crippen molar-refractivity contribution in [3.63, 3.8) is 0 Å². The Hall–Kier alpha value is -1.65. The average molecular weight is 230 g/mol. The summed E-state index contributed by atoms with van der Waals surface area (Å²) in [5.74, 6) is -2.90. The second-order valence-corrected chi connectivity index (χ2v) is 4.05. The van der Waals surface area contributed by atoms with Gasteiger partial charge in [0, 0.05) is 6.07 Å². The van der Waals surface area contributed by atoms with Gasteiger partial charge in [-0.1, -0.05) is 0 Å². The van der Waals surface area contributed by atoms with E-state index in [1.165, 1.54) is 19.9 Å². The SMILES string of the molecule is CC(C)(COc1ccc(F)c(F)c1)C(=O)O. The van der Waals surface area contributed by atoms with E-state index in [4.69, 9.17) is 9.84 Å². The molecule has 3 nitrogen and oxygen atoms in total. The summed E-state index contributed by atoms with van der Waals surface area (Å²) >= 11 is 0. The van der Waals surface area contributed by atoms with Crippen LogP contribution in [0, 0.1) is 17.0 Å². The maximum atomic E-state index is 12.8. The van der Waals surface area contributed by atoms with Crippen molar-refractivity contribution in [3.05, 3.63) is 29.8 Å². The summed E-state index contributed by atoms with van der Waals surface area (Å²) in [4.78, 5) is 10.7. The highest BCUT2D eigenvalue weighted by Crippen LogP contribution is 2.20. The molecule has 0 unspecified atom stereocenters. The highest BCUT2D eigenvalue weighted by Gasteiger charge is 2.28. The van der Waals surface area contributed by atoms with Crippen molar-refractivity contribution in [2.24, 2.45) is 5.41 Å². The first-order valence-electron chi connectivity index (χ1n) is 4.64. The second-order valence-electron chi connectivity index (χ2n) is 4.05. The zero-order valence-electron chi connectivity index (χ0n) is 8.96. The number of aliphatic carboxylic acids is 1. The van der Waals surface area contributed by atoms with E-state index in [0.29, 0.717) is 0 Å². The summed E-state index contributed by atoms with van der Waals surface area (Å²) in [6.07, 6.45) is 0. The van der Waals surface area contributed by atoms with Crippen LogP contribution in [-0.2, 0) is 4.79 Å². The fraction of sp³-hybridized carbons (Fsp3) is 0.364. The standard InChI is InChI=1S/C11H12F2O3/c1-11(2,10(14)15)6-16-7-3-4-8(12)9(13)5-7/h3-5H,6H2,1-2H3,(H,14,15). The van der Waals surface area contributed by atoms with Crippen LogP contribution in [-0.4, -0.2) is 17.7 Å². The molecule has 0 saturated heterocycles. The molecule has 5 heteroatoms. The first-order chi connectivity index (χ1) is 7.33. The van der Waals surface area contributed by atoms with E-state index in [-0.39, 0.29) is 12.4 Å². The third-order valence-electron chi connectivity index (χ3n) is 2.07. The monoisotopic (exact) mass is 230 g/mol. The van der Waals surface area contributed by atoms with E-state index < -0.39 is 23.0 Å². The quantitative estimate of drug-likeness (QED) is 0.864. The predicted octanol–water partition coefficient (Wildman–Crippen LogP) is 2.45. The lowest BCUT2D eigenvalue weighted by atomic mass is 9.95. The molecule has 0 aliphatic carbocycles. The topological polar surface area (TPSA) is 46.5 Å². The summed E-state index contributed by atoms with van der Waals surface area (Å²) in [6.45, 7) is 2.85. The molecule has 88 valence electrons. The van der Waals surface area contributed by atoms with Crippen LogP contribution in [0.25, 0.3) is 0 Å². The zero-order valence-corrected chi connectivity index (χ0v) is 8.96. The molecule has 0 heterocycles. The van der Waals surface area contributed by atoms with Crippen LogP contribution in [0.5, 0.6) is 5.75 Å². The molecule has 0 aliphatic heterocycles. The maximum Gasteiger partial charge on any atom is 0.312 e. The van der Waals surface area contributed by atoms with Crippen LogP contribution in [0.1, 0.15) is 13.8 Å². The van der Waals surface area contributed by atoms with E-state index >= 15 is 0 Å². The molecule has 0 aromatic heterocycles. The molecule has 0 aliphatic rings. The molecule has 0 atom stereocenters.